The van der Waals surface area contributed by atoms with Crippen LogP contribution < -0.4 is 10.1 Å². The number of carbonyl (C=O) groups excluding carboxylic acids is 2. The van der Waals surface area contributed by atoms with Gasteiger partial charge in [0.25, 0.3) is 0 Å². The van der Waals surface area contributed by atoms with Crippen molar-refractivity contribution in [3.05, 3.63) is 59.7 Å². The SMILES string of the molecule is CC(C)c1ccc(COc2cccc(NC(=O)CN3CCCC3=O)c2)cc1. The average molecular weight is 366 g/mol. The minimum absolute atomic E-state index is 0.0470. The lowest BCUT2D eigenvalue weighted by Gasteiger charge is -2.15. The molecule has 0 unspecified atom stereocenters. The summed E-state index contributed by atoms with van der Waals surface area (Å²) in [5.41, 5.74) is 3.07. The summed E-state index contributed by atoms with van der Waals surface area (Å²) in [4.78, 5) is 25.4. The van der Waals surface area contributed by atoms with Gasteiger partial charge in [-0.25, -0.2) is 0 Å². The van der Waals surface area contributed by atoms with Gasteiger partial charge >= 0.3 is 0 Å². The number of anilines is 1. The molecule has 0 saturated carbocycles. The molecule has 0 aromatic heterocycles. The van der Waals surface area contributed by atoms with Crippen LogP contribution in [0.15, 0.2) is 48.5 Å². The monoisotopic (exact) mass is 366 g/mol. The van der Waals surface area contributed by atoms with Gasteiger partial charge in [0.15, 0.2) is 0 Å². The Balaban J connectivity index is 1.53. The predicted octanol–water partition coefficient (Wildman–Crippen LogP) is 3.95. The maximum atomic E-state index is 12.1. The van der Waals surface area contributed by atoms with E-state index in [-0.39, 0.29) is 18.4 Å². The third-order valence-electron chi connectivity index (χ3n) is 4.68. The number of amides is 2. The van der Waals surface area contributed by atoms with Crippen LogP contribution in [-0.4, -0.2) is 29.8 Å². The summed E-state index contributed by atoms with van der Waals surface area (Å²) < 4.78 is 5.85. The van der Waals surface area contributed by atoms with Gasteiger partial charge in [0.2, 0.25) is 11.8 Å². The second kappa shape index (κ2) is 8.71. The van der Waals surface area contributed by atoms with Crippen LogP contribution in [0, 0.1) is 0 Å². The third kappa shape index (κ3) is 5.33. The summed E-state index contributed by atoms with van der Waals surface area (Å²) >= 11 is 0. The topological polar surface area (TPSA) is 58.6 Å². The Labute approximate surface area is 160 Å². The molecule has 3 rings (SSSR count). The van der Waals surface area contributed by atoms with Crippen LogP contribution in [0.25, 0.3) is 0 Å². The fourth-order valence-corrected chi connectivity index (χ4v) is 3.07. The molecule has 142 valence electrons. The number of ether oxygens (including phenoxy) is 1. The molecular formula is C22H26N2O3. The summed E-state index contributed by atoms with van der Waals surface area (Å²) in [5.74, 6) is 1.06. The zero-order chi connectivity index (χ0) is 19.2. The Morgan fingerprint density at radius 2 is 1.96 bits per heavy atom. The molecule has 5 heteroatoms. The van der Waals surface area contributed by atoms with Crippen molar-refractivity contribution in [2.24, 2.45) is 0 Å². The van der Waals surface area contributed by atoms with Crippen LogP contribution in [-0.2, 0) is 16.2 Å². The molecule has 5 nitrogen and oxygen atoms in total. The molecule has 0 atom stereocenters. The summed E-state index contributed by atoms with van der Waals surface area (Å²) in [5, 5.41) is 2.84. The van der Waals surface area contributed by atoms with Gasteiger partial charge < -0.3 is 15.0 Å². The number of hydrogen-bond donors (Lipinski definition) is 1. The second-order valence-corrected chi connectivity index (χ2v) is 7.18. The van der Waals surface area contributed by atoms with Gasteiger partial charge in [-0.2, -0.15) is 0 Å². The molecule has 2 aromatic rings. The third-order valence-corrected chi connectivity index (χ3v) is 4.68. The molecule has 1 fully saturated rings. The van der Waals surface area contributed by atoms with Crippen LogP contribution in [0.3, 0.4) is 0 Å². The molecule has 0 spiro atoms. The number of rotatable bonds is 7. The highest BCUT2D eigenvalue weighted by molar-refractivity contribution is 5.95. The fraction of sp³-hybridized carbons (Fsp3) is 0.364. The van der Waals surface area contributed by atoms with Gasteiger partial charge in [0, 0.05) is 24.7 Å². The van der Waals surface area contributed by atoms with Crippen LogP contribution in [0.1, 0.15) is 43.7 Å². The van der Waals surface area contributed by atoms with Crippen LogP contribution in [0.5, 0.6) is 5.75 Å². The van der Waals surface area contributed by atoms with Crippen LogP contribution in [0.4, 0.5) is 5.69 Å². The van der Waals surface area contributed by atoms with E-state index in [0.29, 0.717) is 36.9 Å². The van der Waals surface area contributed by atoms with Crippen molar-refractivity contribution in [2.75, 3.05) is 18.4 Å². The Hall–Kier alpha value is -2.82. The number of likely N-dealkylation sites (tertiary alicyclic amines) is 1. The maximum Gasteiger partial charge on any atom is 0.243 e. The second-order valence-electron chi connectivity index (χ2n) is 7.18. The molecule has 1 heterocycles. The maximum absolute atomic E-state index is 12.1. The van der Waals surface area contributed by atoms with Crippen molar-refractivity contribution in [3.63, 3.8) is 0 Å². The van der Waals surface area contributed by atoms with Crippen LogP contribution in [0.2, 0.25) is 0 Å². The quantitative estimate of drug-likeness (QED) is 0.807. The molecule has 2 aromatic carbocycles. The zero-order valence-electron chi connectivity index (χ0n) is 15.9. The van der Waals surface area contributed by atoms with Gasteiger partial charge in [-0.05, 0) is 35.6 Å². The largest absolute Gasteiger partial charge is 0.489 e. The molecule has 2 amide bonds. The van der Waals surface area contributed by atoms with E-state index >= 15 is 0 Å². The van der Waals surface area contributed by atoms with Crippen molar-refractivity contribution < 1.29 is 14.3 Å². The highest BCUT2D eigenvalue weighted by Crippen LogP contribution is 2.20. The minimum Gasteiger partial charge on any atom is -0.489 e. The molecule has 1 aliphatic rings. The first-order chi connectivity index (χ1) is 13.0. The van der Waals surface area contributed by atoms with E-state index in [1.54, 1.807) is 11.0 Å². The van der Waals surface area contributed by atoms with E-state index < -0.39 is 0 Å². The van der Waals surface area contributed by atoms with Gasteiger partial charge in [0.05, 0.1) is 6.54 Å². The number of carbonyl (C=O) groups is 2. The van der Waals surface area contributed by atoms with E-state index in [9.17, 15) is 9.59 Å². The summed E-state index contributed by atoms with van der Waals surface area (Å²) in [7, 11) is 0. The standard InChI is InChI=1S/C22H26N2O3/c1-16(2)18-10-8-17(9-11-18)15-27-20-6-3-5-19(13-20)23-21(25)14-24-12-4-7-22(24)26/h3,5-6,8-11,13,16H,4,7,12,14-15H2,1-2H3,(H,23,25). The van der Waals surface area contributed by atoms with E-state index in [4.69, 9.17) is 4.74 Å². The van der Waals surface area contributed by atoms with Gasteiger partial charge in [-0.1, -0.05) is 44.2 Å². The normalized spacial score (nSPS) is 13.9. The van der Waals surface area contributed by atoms with E-state index in [2.05, 4.69) is 43.4 Å². The lowest BCUT2D eigenvalue weighted by molar-refractivity contribution is -0.131. The first-order valence-electron chi connectivity index (χ1n) is 9.40. The summed E-state index contributed by atoms with van der Waals surface area (Å²) in [6, 6.07) is 15.7. The molecule has 0 radical (unpaired) electrons. The Morgan fingerprint density at radius 1 is 1.19 bits per heavy atom. The van der Waals surface area contributed by atoms with Crippen molar-refractivity contribution >= 4 is 17.5 Å². The van der Waals surface area contributed by atoms with Crippen molar-refractivity contribution in [3.8, 4) is 5.75 Å². The molecule has 1 saturated heterocycles. The average Bonchev–Trinajstić information content (AvgIpc) is 3.05. The highest BCUT2D eigenvalue weighted by atomic mass is 16.5. The van der Waals surface area contributed by atoms with E-state index in [0.717, 1.165) is 12.0 Å². The predicted molar refractivity (Wildman–Crippen MR) is 106 cm³/mol. The first-order valence-corrected chi connectivity index (χ1v) is 9.40. The van der Waals surface area contributed by atoms with E-state index in [1.165, 1.54) is 5.56 Å². The number of benzene rings is 2. The molecule has 0 bridgehead atoms. The summed E-state index contributed by atoms with van der Waals surface area (Å²) in [6.07, 6.45) is 1.36. The number of hydrogen-bond acceptors (Lipinski definition) is 3. The molecular weight excluding hydrogens is 340 g/mol. The number of nitrogens with zero attached hydrogens (tertiary/aromatic N) is 1. The van der Waals surface area contributed by atoms with Crippen molar-refractivity contribution in [1.29, 1.82) is 0 Å². The van der Waals surface area contributed by atoms with Crippen LogP contribution >= 0.6 is 0 Å². The lowest BCUT2D eigenvalue weighted by Crippen LogP contribution is -2.33. The molecule has 1 aliphatic heterocycles. The molecule has 27 heavy (non-hydrogen) atoms. The Kier molecular flexibility index (Phi) is 6.12. The Morgan fingerprint density at radius 3 is 2.63 bits per heavy atom. The zero-order valence-corrected chi connectivity index (χ0v) is 15.9. The van der Waals surface area contributed by atoms with Gasteiger partial charge in [0.1, 0.15) is 12.4 Å². The smallest absolute Gasteiger partial charge is 0.243 e. The Bertz CT molecular complexity index is 799. The van der Waals surface area contributed by atoms with Gasteiger partial charge in [-0.3, -0.25) is 9.59 Å². The van der Waals surface area contributed by atoms with E-state index in [1.807, 2.05) is 18.2 Å². The molecule has 1 N–H and O–H groups in total. The molecule has 0 aliphatic carbocycles. The first kappa shape index (κ1) is 19.0. The van der Waals surface area contributed by atoms with Gasteiger partial charge in [-0.15, -0.1) is 0 Å². The van der Waals surface area contributed by atoms with Crippen molar-refractivity contribution in [1.82, 2.24) is 4.90 Å². The highest BCUT2D eigenvalue weighted by Gasteiger charge is 2.22. The minimum atomic E-state index is -0.188. The fourth-order valence-electron chi connectivity index (χ4n) is 3.07. The van der Waals surface area contributed by atoms with Crippen molar-refractivity contribution in [2.45, 2.75) is 39.2 Å². The lowest BCUT2D eigenvalue weighted by atomic mass is 10.0. The number of nitrogens with one attached hydrogen (secondary N) is 1. The summed E-state index contributed by atoms with van der Waals surface area (Å²) in [6.45, 7) is 5.57.